The Morgan fingerprint density at radius 2 is 2.20 bits per heavy atom. The fraction of sp³-hybridized carbons (Fsp3) is 0.533. The van der Waals surface area contributed by atoms with E-state index in [-0.39, 0.29) is 17.9 Å². The summed E-state index contributed by atoms with van der Waals surface area (Å²) < 4.78 is 5.41. The highest BCUT2D eigenvalue weighted by Gasteiger charge is 2.33. The lowest BCUT2D eigenvalue weighted by molar-refractivity contribution is -0.125. The minimum atomic E-state index is -0.121. The van der Waals surface area contributed by atoms with Crippen LogP contribution >= 0.6 is 11.6 Å². The molecular formula is C15H21ClN2O2. The molecule has 2 atom stereocenters. The summed E-state index contributed by atoms with van der Waals surface area (Å²) in [6.45, 7) is 4.55. The predicted octanol–water partition coefficient (Wildman–Crippen LogP) is 1.97. The maximum Gasteiger partial charge on any atom is 0.227 e. The summed E-state index contributed by atoms with van der Waals surface area (Å²) >= 11 is 6.08. The number of nitrogens with one attached hydrogen (secondary N) is 2. The second kappa shape index (κ2) is 7.62. The van der Waals surface area contributed by atoms with Crippen LogP contribution in [0, 0.1) is 5.92 Å². The van der Waals surface area contributed by atoms with Crippen molar-refractivity contribution in [1.82, 2.24) is 10.6 Å². The lowest BCUT2D eigenvalue weighted by atomic mass is 10.0. The van der Waals surface area contributed by atoms with E-state index in [1.54, 1.807) is 0 Å². The molecule has 0 spiro atoms. The minimum Gasteiger partial charge on any atom is -0.379 e. The number of amides is 1. The molecule has 1 aromatic rings. The highest BCUT2D eigenvalue weighted by molar-refractivity contribution is 6.31. The van der Waals surface area contributed by atoms with Crippen molar-refractivity contribution in [2.24, 2.45) is 5.92 Å². The van der Waals surface area contributed by atoms with Gasteiger partial charge in [0.15, 0.2) is 0 Å². The number of ether oxygens (including phenoxy) is 1. The first-order chi connectivity index (χ1) is 9.72. The first-order valence-electron chi connectivity index (χ1n) is 7.04. The van der Waals surface area contributed by atoms with Gasteiger partial charge in [0.05, 0.1) is 19.1 Å². The summed E-state index contributed by atoms with van der Waals surface area (Å²) in [4.78, 5) is 12.2. The van der Waals surface area contributed by atoms with Crippen molar-refractivity contribution in [3.63, 3.8) is 0 Å². The van der Waals surface area contributed by atoms with Crippen LogP contribution in [0.4, 0.5) is 0 Å². The Morgan fingerprint density at radius 1 is 1.40 bits per heavy atom. The number of carbonyl (C=O) groups is 1. The molecule has 5 heteroatoms. The topological polar surface area (TPSA) is 50.4 Å². The Balaban J connectivity index is 1.86. The molecule has 0 aromatic heterocycles. The van der Waals surface area contributed by atoms with Crippen LogP contribution < -0.4 is 10.6 Å². The highest BCUT2D eigenvalue weighted by Crippen LogP contribution is 2.17. The zero-order valence-corrected chi connectivity index (χ0v) is 12.5. The lowest BCUT2D eigenvalue weighted by Gasteiger charge is -2.18. The summed E-state index contributed by atoms with van der Waals surface area (Å²) in [5.74, 6) is -0.0972. The fourth-order valence-electron chi connectivity index (χ4n) is 2.30. The molecule has 1 saturated heterocycles. The average molecular weight is 297 g/mol. The molecule has 2 rings (SSSR count). The molecular weight excluding hydrogens is 276 g/mol. The number of benzene rings is 1. The van der Waals surface area contributed by atoms with Crippen LogP contribution in [0.1, 0.15) is 18.9 Å². The second-order valence-electron chi connectivity index (χ2n) is 5.01. The third-order valence-corrected chi connectivity index (χ3v) is 3.85. The summed E-state index contributed by atoms with van der Waals surface area (Å²) in [7, 11) is 0. The molecule has 2 unspecified atom stereocenters. The molecule has 0 saturated carbocycles. The number of carbonyl (C=O) groups excluding carboxylic acids is 1. The highest BCUT2D eigenvalue weighted by atomic mass is 35.5. The van der Waals surface area contributed by atoms with Crippen LogP contribution in [0.15, 0.2) is 24.3 Å². The smallest absolute Gasteiger partial charge is 0.227 e. The van der Waals surface area contributed by atoms with Crippen molar-refractivity contribution < 1.29 is 9.53 Å². The van der Waals surface area contributed by atoms with Gasteiger partial charge in [-0.1, -0.05) is 36.7 Å². The van der Waals surface area contributed by atoms with Crippen molar-refractivity contribution >= 4 is 17.5 Å². The van der Waals surface area contributed by atoms with E-state index in [9.17, 15) is 4.79 Å². The van der Waals surface area contributed by atoms with Crippen LogP contribution in [0.2, 0.25) is 5.02 Å². The Kier molecular flexibility index (Phi) is 5.83. The third-order valence-electron chi connectivity index (χ3n) is 3.48. The van der Waals surface area contributed by atoms with Crippen LogP contribution in [-0.2, 0) is 16.1 Å². The Bertz CT molecular complexity index is 453. The second-order valence-corrected chi connectivity index (χ2v) is 5.42. The molecule has 0 bridgehead atoms. The quantitative estimate of drug-likeness (QED) is 0.844. The van der Waals surface area contributed by atoms with Gasteiger partial charge in [0.1, 0.15) is 0 Å². The number of halogens is 1. The number of rotatable bonds is 6. The van der Waals surface area contributed by atoms with Gasteiger partial charge in [-0.3, -0.25) is 4.79 Å². The Hall–Kier alpha value is -1.10. The molecule has 20 heavy (non-hydrogen) atoms. The fourth-order valence-corrected chi connectivity index (χ4v) is 2.50. The van der Waals surface area contributed by atoms with E-state index in [2.05, 4.69) is 17.6 Å². The largest absolute Gasteiger partial charge is 0.379 e. The Labute approximate surface area is 124 Å². The van der Waals surface area contributed by atoms with Crippen LogP contribution in [-0.4, -0.2) is 31.7 Å². The first-order valence-corrected chi connectivity index (χ1v) is 7.42. The molecule has 0 aliphatic carbocycles. The molecule has 4 nitrogen and oxygen atoms in total. The van der Waals surface area contributed by atoms with Crippen LogP contribution in [0.3, 0.4) is 0 Å². The van der Waals surface area contributed by atoms with E-state index in [0.717, 1.165) is 18.5 Å². The molecule has 1 amide bonds. The monoisotopic (exact) mass is 296 g/mol. The van der Waals surface area contributed by atoms with Crippen molar-refractivity contribution in [2.45, 2.75) is 25.9 Å². The zero-order valence-electron chi connectivity index (χ0n) is 11.7. The lowest BCUT2D eigenvalue weighted by Crippen LogP contribution is -2.44. The summed E-state index contributed by atoms with van der Waals surface area (Å²) in [5.41, 5.74) is 0.930. The van der Waals surface area contributed by atoms with Gasteiger partial charge in [-0.25, -0.2) is 0 Å². The van der Waals surface area contributed by atoms with Gasteiger partial charge in [0.25, 0.3) is 0 Å². The first kappa shape index (κ1) is 15.3. The van der Waals surface area contributed by atoms with Crippen molar-refractivity contribution in [2.75, 3.05) is 19.8 Å². The molecule has 1 aliphatic heterocycles. The third kappa shape index (κ3) is 3.95. The van der Waals surface area contributed by atoms with E-state index in [1.807, 2.05) is 24.3 Å². The van der Waals surface area contributed by atoms with Gasteiger partial charge in [0.2, 0.25) is 5.91 Å². The zero-order chi connectivity index (χ0) is 14.4. The normalized spacial score (nSPS) is 21.9. The predicted molar refractivity (Wildman–Crippen MR) is 79.7 cm³/mol. The molecule has 1 fully saturated rings. The summed E-state index contributed by atoms with van der Waals surface area (Å²) in [6, 6.07) is 7.65. The van der Waals surface area contributed by atoms with E-state index >= 15 is 0 Å². The summed E-state index contributed by atoms with van der Waals surface area (Å²) in [6.07, 6.45) is 1.05. The maximum atomic E-state index is 12.2. The maximum absolute atomic E-state index is 12.2. The minimum absolute atomic E-state index is 0.0241. The van der Waals surface area contributed by atoms with E-state index in [1.165, 1.54) is 0 Å². The molecule has 2 N–H and O–H groups in total. The summed E-state index contributed by atoms with van der Waals surface area (Å²) in [5, 5.41) is 6.98. The molecule has 1 aromatic carbocycles. The SMILES string of the molecule is CCCNC1COCC1C(=O)NCc1ccccc1Cl. The molecule has 1 heterocycles. The van der Waals surface area contributed by atoms with Crippen molar-refractivity contribution in [1.29, 1.82) is 0 Å². The molecule has 1 aliphatic rings. The van der Waals surface area contributed by atoms with Crippen LogP contribution in [0.25, 0.3) is 0 Å². The van der Waals surface area contributed by atoms with Gasteiger partial charge in [0, 0.05) is 17.6 Å². The van der Waals surface area contributed by atoms with Gasteiger partial charge in [-0.15, -0.1) is 0 Å². The van der Waals surface area contributed by atoms with E-state index in [0.29, 0.717) is 24.8 Å². The standard InChI is InChI=1S/C15H21ClN2O2/c1-2-7-17-14-10-20-9-12(14)15(19)18-8-11-5-3-4-6-13(11)16/h3-6,12,14,17H,2,7-10H2,1H3,(H,18,19). The van der Waals surface area contributed by atoms with Gasteiger partial charge in [-0.05, 0) is 24.6 Å². The Morgan fingerprint density at radius 3 is 2.95 bits per heavy atom. The molecule has 110 valence electrons. The average Bonchev–Trinajstić information content (AvgIpc) is 2.92. The van der Waals surface area contributed by atoms with Gasteiger partial charge >= 0.3 is 0 Å². The van der Waals surface area contributed by atoms with Gasteiger partial charge < -0.3 is 15.4 Å². The van der Waals surface area contributed by atoms with Crippen molar-refractivity contribution in [3.8, 4) is 0 Å². The van der Waals surface area contributed by atoms with Gasteiger partial charge in [-0.2, -0.15) is 0 Å². The molecule has 0 radical (unpaired) electrons. The van der Waals surface area contributed by atoms with E-state index < -0.39 is 0 Å². The number of hydrogen-bond acceptors (Lipinski definition) is 3. The van der Waals surface area contributed by atoms with Crippen molar-refractivity contribution in [3.05, 3.63) is 34.9 Å². The van der Waals surface area contributed by atoms with E-state index in [4.69, 9.17) is 16.3 Å². The van der Waals surface area contributed by atoms with Crippen LogP contribution in [0.5, 0.6) is 0 Å². The number of hydrogen-bond donors (Lipinski definition) is 2.